The lowest BCUT2D eigenvalue weighted by Crippen LogP contribution is -2.11. The van der Waals surface area contributed by atoms with Crippen molar-refractivity contribution < 1.29 is 18.7 Å². The first-order valence-electron chi connectivity index (χ1n) is 12.5. The third-order valence-electron chi connectivity index (χ3n) is 6.05. The number of hydrogen-bond donors (Lipinski definition) is 0. The molecule has 0 fully saturated rings. The number of aryl methyl sites for hydroxylation is 1. The molecule has 0 spiro atoms. The zero-order valence-corrected chi connectivity index (χ0v) is 21.3. The van der Waals surface area contributed by atoms with Crippen LogP contribution in [0.3, 0.4) is 0 Å². The number of hydrogen-bond acceptors (Lipinski definition) is 7. The average molecular weight is 509 g/mol. The molecule has 192 valence electrons. The predicted molar refractivity (Wildman–Crippen MR) is 142 cm³/mol. The SMILES string of the molecule is CCOC(=O)c1nnn(-c2ccccc2)c1Cc1ccc(OCCc2nc(-c3ccccc3)oc2C)cc1. The highest BCUT2D eigenvalue weighted by Crippen LogP contribution is 2.23. The molecule has 0 atom stereocenters. The molecule has 5 aromatic rings. The van der Waals surface area contributed by atoms with Crippen LogP contribution in [0.2, 0.25) is 0 Å². The molecular formula is C30H28N4O4. The Morgan fingerprint density at radius 2 is 1.66 bits per heavy atom. The number of carbonyl (C=O) groups is 1. The van der Waals surface area contributed by atoms with Crippen molar-refractivity contribution in [2.45, 2.75) is 26.7 Å². The molecule has 2 aromatic heterocycles. The second kappa shape index (κ2) is 11.6. The van der Waals surface area contributed by atoms with Crippen LogP contribution in [0.4, 0.5) is 0 Å². The lowest BCUT2D eigenvalue weighted by molar-refractivity contribution is 0.0518. The average Bonchev–Trinajstić information content (AvgIpc) is 3.54. The molecule has 0 unspecified atom stereocenters. The van der Waals surface area contributed by atoms with E-state index in [2.05, 4.69) is 15.3 Å². The van der Waals surface area contributed by atoms with Crippen molar-refractivity contribution in [2.75, 3.05) is 13.2 Å². The molecule has 0 bridgehead atoms. The maximum absolute atomic E-state index is 12.5. The third kappa shape index (κ3) is 5.64. The Labute approximate surface area is 220 Å². The minimum Gasteiger partial charge on any atom is -0.493 e. The molecule has 0 saturated carbocycles. The second-order valence-corrected chi connectivity index (χ2v) is 8.66. The van der Waals surface area contributed by atoms with Gasteiger partial charge in [-0.25, -0.2) is 14.5 Å². The summed E-state index contributed by atoms with van der Waals surface area (Å²) in [6, 6.07) is 27.2. The van der Waals surface area contributed by atoms with Crippen LogP contribution in [0.1, 0.15) is 40.1 Å². The van der Waals surface area contributed by atoms with Crippen molar-refractivity contribution in [1.82, 2.24) is 20.0 Å². The molecule has 0 aliphatic rings. The topological polar surface area (TPSA) is 92.3 Å². The van der Waals surface area contributed by atoms with Gasteiger partial charge in [-0.3, -0.25) is 0 Å². The van der Waals surface area contributed by atoms with Crippen LogP contribution in [0, 0.1) is 6.92 Å². The van der Waals surface area contributed by atoms with Gasteiger partial charge in [-0.15, -0.1) is 5.10 Å². The fraction of sp³-hybridized carbons (Fsp3) is 0.200. The smallest absolute Gasteiger partial charge is 0.360 e. The highest BCUT2D eigenvalue weighted by atomic mass is 16.5. The Balaban J connectivity index is 1.25. The molecule has 3 aromatic carbocycles. The highest BCUT2D eigenvalue weighted by Gasteiger charge is 2.22. The summed E-state index contributed by atoms with van der Waals surface area (Å²) >= 11 is 0. The molecule has 0 aliphatic heterocycles. The van der Waals surface area contributed by atoms with Gasteiger partial charge in [0.25, 0.3) is 0 Å². The molecular weight excluding hydrogens is 480 g/mol. The van der Waals surface area contributed by atoms with Gasteiger partial charge >= 0.3 is 5.97 Å². The fourth-order valence-corrected chi connectivity index (χ4v) is 4.12. The lowest BCUT2D eigenvalue weighted by Gasteiger charge is -2.10. The number of nitrogens with zero attached hydrogens (tertiary/aromatic N) is 4. The molecule has 0 amide bonds. The largest absolute Gasteiger partial charge is 0.493 e. The van der Waals surface area contributed by atoms with E-state index in [1.54, 1.807) is 11.6 Å². The van der Waals surface area contributed by atoms with E-state index in [0.717, 1.165) is 34.0 Å². The van der Waals surface area contributed by atoms with E-state index in [0.29, 0.717) is 31.0 Å². The number of oxazole rings is 1. The molecule has 0 saturated heterocycles. The summed E-state index contributed by atoms with van der Waals surface area (Å²) < 4.78 is 18.7. The van der Waals surface area contributed by atoms with E-state index in [4.69, 9.17) is 13.9 Å². The van der Waals surface area contributed by atoms with Crippen molar-refractivity contribution >= 4 is 5.97 Å². The lowest BCUT2D eigenvalue weighted by atomic mass is 10.1. The monoisotopic (exact) mass is 508 g/mol. The van der Waals surface area contributed by atoms with Crippen LogP contribution in [-0.4, -0.2) is 39.2 Å². The molecule has 8 heteroatoms. The fourth-order valence-electron chi connectivity index (χ4n) is 4.12. The van der Waals surface area contributed by atoms with Gasteiger partial charge in [0, 0.05) is 18.4 Å². The summed E-state index contributed by atoms with van der Waals surface area (Å²) in [6.07, 6.45) is 1.09. The Bertz CT molecular complexity index is 1490. The molecule has 0 aliphatic carbocycles. The first kappa shape index (κ1) is 25.0. The van der Waals surface area contributed by atoms with E-state index < -0.39 is 5.97 Å². The number of carbonyl (C=O) groups excluding carboxylic acids is 1. The molecule has 2 heterocycles. The van der Waals surface area contributed by atoms with Crippen molar-refractivity contribution in [2.24, 2.45) is 0 Å². The van der Waals surface area contributed by atoms with Gasteiger partial charge in [0.05, 0.1) is 30.3 Å². The van der Waals surface area contributed by atoms with Gasteiger partial charge in [0.2, 0.25) is 5.89 Å². The first-order chi connectivity index (χ1) is 18.6. The zero-order valence-electron chi connectivity index (χ0n) is 21.3. The third-order valence-corrected chi connectivity index (χ3v) is 6.05. The van der Waals surface area contributed by atoms with Crippen molar-refractivity contribution in [3.8, 4) is 22.9 Å². The number of benzene rings is 3. The van der Waals surface area contributed by atoms with Crippen LogP contribution >= 0.6 is 0 Å². The standard InChI is InChI=1S/C30H28N4O4/c1-3-36-30(35)28-27(34(33-32-28)24-12-8-5-9-13-24)20-22-14-16-25(17-15-22)37-19-18-26-21(2)38-29(31-26)23-10-6-4-7-11-23/h4-17H,3,18-20H2,1-2H3. The van der Waals surface area contributed by atoms with Crippen LogP contribution in [0.5, 0.6) is 5.75 Å². The van der Waals surface area contributed by atoms with Gasteiger partial charge < -0.3 is 13.9 Å². The van der Waals surface area contributed by atoms with Gasteiger partial charge in [0.15, 0.2) is 5.69 Å². The van der Waals surface area contributed by atoms with E-state index in [1.807, 2.05) is 91.9 Å². The van der Waals surface area contributed by atoms with E-state index >= 15 is 0 Å². The summed E-state index contributed by atoms with van der Waals surface area (Å²) in [6.45, 7) is 4.43. The minimum atomic E-state index is -0.483. The number of para-hydroxylation sites is 1. The minimum absolute atomic E-state index is 0.217. The zero-order chi connectivity index (χ0) is 26.3. The normalized spacial score (nSPS) is 10.9. The number of aromatic nitrogens is 4. The Kier molecular flexibility index (Phi) is 7.59. The van der Waals surface area contributed by atoms with Crippen molar-refractivity contribution in [1.29, 1.82) is 0 Å². The number of ether oxygens (including phenoxy) is 2. The van der Waals surface area contributed by atoms with E-state index in [9.17, 15) is 4.79 Å². The molecule has 38 heavy (non-hydrogen) atoms. The summed E-state index contributed by atoms with van der Waals surface area (Å²) in [5.41, 5.74) is 4.53. The number of rotatable bonds is 10. The number of esters is 1. The first-order valence-corrected chi connectivity index (χ1v) is 12.5. The summed E-state index contributed by atoms with van der Waals surface area (Å²) in [7, 11) is 0. The molecule has 5 rings (SSSR count). The van der Waals surface area contributed by atoms with Crippen molar-refractivity contribution in [3.63, 3.8) is 0 Å². The quantitative estimate of drug-likeness (QED) is 0.226. The van der Waals surface area contributed by atoms with Crippen LogP contribution in [-0.2, 0) is 17.6 Å². The molecule has 8 nitrogen and oxygen atoms in total. The van der Waals surface area contributed by atoms with Crippen LogP contribution in [0.25, 0.3) is 17.1 Å². The van der Waals surface area contributed by atoms with Gasteiger partial charge in [0.1, 0.15) is 11.5 Å². The Morgan fingerprint density at radius 3 is 2.37 bits per heavy atom. The Hall–Kier alpha value is -4.72. The molecule has 0 N–H and O–H groups in total. The Morgan fingerprint density at radius 1 is 0.947 bits per heavy atom. The van der Waals surface area contributed by atoms with Crippen molar-refractivity contribution in [3.05, 3.63) is 113 Å². The highest BCUT2D eigenvalue weighted by molar-refractivity contribution is 5.88. The van der Waals surface area contributed by atoms with Crippen LogP contribution < -0.4 is 4.74 Å². The predicted octanol–water partition coefficient (Wildman–Crippen LogP) is 5.62. The second-order valence-electron chi connectivity index (χ2n) is 8.66. The summed E-state index contributed by atoms with van der Waals surface area (Å²) in [5, 5.41) is 8.35. The van der Waals surface area contributed by atoms with Gasteiger partial charge in [-0.2, -0.15) is 0 Å². The van der Waals surface area contributed by atoms with E-state index in [-0.39, 0.29) is 12.3 Å². The van der Waals surface area contributed by atoms with Crippen LogP contribution in [0.15, 0.2) is 89.3 Å². The maximum Gasteiger partial charge on any atom is 0.360 e. The summed E-state index contributed by atoms with van der Waals surface area (Å²) in [4.78, 5) is 17.2. The summed E-state index contributed by atoms with van der Waals surface area (Å²) in [5.74, 6) is 1.68. The van der Waals surface area contributed by atoms with Gasteiger partial charge in [-0.1, -0.05) is 53.7 Å². The van der Waals surface area contributed by atoms with E-state index in [1.165, 1.54) is 0 Å². The maximum atomic E-state index is 12.5. The molecule has 0 radical (unpaired) electrons. The van der Waals surface area contributed by atoms with Gasteiger partial charge in [-0.05, 0) is 55.8 Å².